The van der Waals surface area contributed by atoms with Crippen LogP contribution in [0.3, 0.4) is 0 Å². The highest BCUT2D eigenvalue weighted by Crippen LogP contribution is 2.19. The molecule has 1 N–H and O–H groups in total. The molecular formula is C15H18N2O. The Morgan fingerprint density at radius 1 is 1.11 bits per heavy atom. The molecule has 0 saturated heterocycles. The van der Waals surface area contributed by atoms with Gasteiger partial charge in [-0.05, 0) is 29.8 Å². The van der Waals surface area contributed by atoms with Gasteiger partial charge in [-0.3, -0.25) is 4.79 Å². The average Bonchev–Trinajstić information content (AvgIpc) is 2.37. The van der Waals surface area contributed by atoms with Crippen LogP contribution in [0.4, 0.5) is 5.69 Å². The molecule has 1 atom stereocenters. The maximum absolute atomic E-state index is 11.8. The smallest absolute Gasteiger partial charge is 0.244 e. The van der Waals surface area contributed by atoms with Gasteiger partial charge in [0.2, 0.25) is 5.91 Å². The summed E-state index contributed by atoms with van der Waals surface area (Å²) in [6.07, 6.45) is 0. The first-order chi connectivity index (χ1) is 8.58. The van der Waals surface area contributed by atoms with Gasteiger partial charge in [0.05, 0.1) is 0 Å². The van der Waals surface area contributed by atoms with Crippen molar-refractivity contribution in [2.24, 2.45) is 0 Å². The van der Waals surface area contributed by atoms with Gasteiger partial charge in [-0.25, -0.2) is 0 Å². The monoisotopic (exact) mass is 242 g/mol. The molecule has 0 heterocycles. The third-order valence-corrected chi connectivity index (χ3v) is 2.94. The predicted molar refractivity (Wildman–Crippen MR) is 75.7 cm³/mol. The van der Waals surface area contributed by atoms with Gasteiger partial charge in [0.25, 0.3) is 0 Å². The number of rotatable bonds is 3. The van der Waals surface area contributed by atoms with E-state index < -0.39 is 0 Å². The molecule has 0 bridgehead atoms. The van der Waals surface area contributed by atoms with Crippen molar-refractivity contribution in [3.05, 3.63) is 42.5 Å². The number of carbonyl (C=O) groups is 1. The van der Waals surface area contributed by atoms with Gasteiger partial charge in [0.15, 0.2) is 0 Å². The molecule has 1 amide bonds. The fourth-order valence-electron chi connectivity index (χ4n) is 1.98. The summed E-state index contributed by atoms with van der Waals surface area (Å²) in [7, 11) is 3.53. The van der Waals surface area contributed by atoms with Crippen LogP contribution in [0.2, 0.25) is 0 Å². The summed E-state index contributed by atoms with van der Waals surface area (Å²) in [6.45, 7) is 1.87. The summed E-state index contributed by atoms with van der Waals surface area (Å²) < 4.78 is 0. The number of benzene rings is 2. The van der Waals surface area contributed by atoms with Gasteiger partial charge in [0, 0.05) is 19.8 Å². The van der Waals surface area contributed by atoms with Crippen molar-refractivity contribution in [2.75, 3.05) is 19.4 Å². The van der Waals surface area contributed by atoms with Crippen molar-refractivity contribution in [1.82, 2.24) is 4.90 Å². The second kappa shape index (κ2) is 5.08. The first-order valence-electron chi connectivity index (χ1n) is 6.04. The third-order valence-electron chi connectivity index (χ3n) is 2.94. The van der Waals surface area contributed by atoms with E-state index in [1.165, 1.54) is 10.8 Å². The van der Waals surface area contributed by atoms with Crippen LogP contribution in [0.5, 0.6) is 0 Å². The Morgan fingerprint density at radius 2 is 1.78 bits per heavy atom. The number of hydrogen-bond donors (Lipinski definition) is 1. The van der Waals surface area contributed by atoms with E-state index in [1.54, 1.807) is 19.0 Å². The molecule has 1 unspecified atom stereocenters. The number of anilines is 1. The van der Waals surface area contributed by atoms with E-state index in [4.69, 9.17) is 0 Å². The Kier molecular flexibility index (Phi) is 3.51. The molecule has 2 aromatic rings. The zero-order valence-electron chi connectivity index (χ0n) is 11.0. The Hall–Kier alpha value is -2.03. The minimum absolute atomic E-state index is 0.0724. The highest BCUT2D eigenvalue weighted by Gasteiger charge is 2.14. The van der Waals surface area contributed by atoms with Crippen LogP contribution in [0.25, 0.3) is 10.8 Å². The van der Waals surface area contributed by atoms with Gasteiger partial charge in [0.1, 0.15) is 6.04 Å². The first kappa shape index (κ1) is 12.4. The van der Waals surface area contributed by atoms with Gasteiger partial charge >= 0.3 is 0 Å². The van der Waals surface area contributed by atoms with E-state index in [1.807, 2.05) is 25.1 Å². The summed E-state index contributed by atoms with van der Waals surface area (Å²) in [5.41, 5.74) is 0.969. The van der Waals surface area contributed by atoms with Crippen molar-refractivity contribution in [3.63, 3.8) is 0 Å². The van der Waals surface area contributed by atoms with Crippen molar-refractivity contribution >= 4 is 22.4 Å². The van der Waals surface area contributed by atoms with Crippen molar-refractivity contribution in [2.45, 2.75) is 13.0 Å². The molecule has 3 nitrogen and oxygen atoms in total. The van der Waals surface area contributed by atoms with Crippen LogP contribution in [0, 0.1) is 0 Å². The number of likely N-dealkylation sites (N-methyl/N-ethyl adjacent to an activating group) is 1. The van der Waals surface area contributed by atoms with Gasteiger partial charge in [-0.2, -0.15) is 0 Å². The highest BCUT2D eigenvalue weighted by molar-refractivity contribution is 5.88. The summed E-state index contributed by atoms with van der Waals surface area (Å²) >= 11 is 0. The second-order valence-electron chi connectivity index (χ2n) is 4.66. The fourth-order valence-corrected chi connectivity index (χ4v) is 1.98. The zero-order valence-corrected chi connectivity index (χ0v) is 11.0. The number of fused-ring (bicyclic) bond motifs is 1. The SMILES string of the molecule is CC(Nc1ccc2ccccc2c1)C(=O)N(C)C. The molecule has 0 saturated carbocycles. The molecule has 0 aliphatic carbocycles. The number of nitrogens with zero attached hydrogens (tertiary/aromatic N) is 1. The summed E-state index contributed by atoms with van der Waals surface area (Å²) in [5.74, 6) is 0.0724. The minimum atomic E-state index is -0.221. The van der Waals surface area contributed by atoms with Crippen LogP contribution in [0.15, 0.2) is 42.5 Å². The quantitative estimate of drug-likeness (QED) is 0.897. The molecule has 0 spiro atoms. The summed E-state index contributed by atoms with van der Waals surface area (Å²) in [4.78, 5) is 13.4. The van der Waals surface area contributed by atoms with E-state index in [2.05, 4.69) is 29.6 Å². The Labute approximate surface area is 107 Å². The Balaban J connectivity index is 2.19. The van der Waals surface area contributed by atoms with E-state index in [9.17, 15) is 4.79 Å². The van der Waals surface area contributed by atoms with Crippen LogP contribution in [-0.4, -0.2) is 30.9 Å². The van der Waals surface area contributed by atoms with Gasteiger partial charge < -0.3 is 10.2 Å². The lowest BCUT2D eigenvalue weighted by Gasteiger charge is -2.19. The maximum atomic E-state index is 11.8. The molecule has 2 aromatic carbocycles. The zero-order chi connectivity index (χ0) is 13.1. The van der Waals surface area contributed by atoms with Crippen LogP contribution in [-0.2, 0) is 4.79 Å². The lowest BCUT2D eigenvalue weighted by Crippen LogP contribution is -2.36. The standard InChI is InChI=1S/C15H18N2O/c1-11(15(18)17(2)3)16-14-9-8-12-6-4-5-7-13(12)10-14/h4-11,16H,1-3H3. The predicted octanol–water partition coefficient (Wildman–Crippen LogP) is 2.73. The molecule has 0 aliphatic rings. The lowest BCUT2D eigenvalue weighted by atomic mass is 10.1. The molecule has 0 radical (unpaired) electrons. The molecule has 0 fully saturated rings. The summed E-state index contributed by atoms with van der Waals surface area (Å²) in [5, 5.41) is 5.60. The largest absolute Gasteiger partial charge is 0.374 e. The maximum Gasteiger partial charge on any atom is 0.244 e. The van der Waals surface area contributed by atoms with Crippen molar-refractivity contribution in [3.8, 4) is 0 Å². The first-order valence-corrected chi connectivity index (χ1v) is 6.04. The van der Waals surface area contributed by atoms with E-state index in [0.717, 1.165) is 5.69 Å². The topological polar surface area (TPSA) is 32.3 Å². The molecule has 2 rings (SSSR count). The van der Waals surface area contributed by atoms with Crippen molar-refractivity contribution in [1.29, 1.82) is 0 Å². The minimum Gasteiger partial charge on any atom is -0.374 e. The summed E-state index contributed by atoms with van der Waals surface area (Å²) in [6, 6.07) is 14.1. The third kappa shape index (κ3) is 2.62. The molecular weight excluding hydrogens is 224 g/mol. The fraction of sp³-hybridized carbons (Fsp3) is 0.267. The number of hydrogen-bond acceptors (Lipinski definition) is 2. The number of nitrogens with one attached hydrogen (secondary N) is 1. The molecule has 0 aromatic heterocycles. The molecule has 0 aliphatic heterocycles. The van der Waals surface area contributed by atoms with Crippen LogP contribution >= 0.6 is 0 Å². The second-order valence-corrected chi connectivity index (χ2v) is 4.66. The Morgan fingerprint density at radius 3 is 2.44 bits per heavy atom. The average molecular weight is 242 g/mol. The van der Waals surface area contributed by atoms with Crippen LogP contribution < -0.4 is 5.32 Å². The van der Waals surface area contributed by atoms with E-state index >= 15 is 0 Å². The lowest BCUT2D eigenvalue weighted by molar-refractivity contribution is -0.129. The Bertz CT molecular complexity index is 563. The molecule has 94 valence electrons. The highest BCUT2D eigenvalue weighted by atomic mass is 16.2. The van der Waals surface area contributed by atoms with Crippen LogP contribution in [0.1, 0.15) is 6.92 Å². The van der Waals surface area contributed by atoms with Crippen molar-refractivity contribution < 1.29 is 4.79 Å². The van der Waals surface area contributed by atoms with E-state index in [-0.39, 0.29) is 11.9 Å². The number of carbonyl (C=O) groups excluding carboxylic acids is 1. The molecule has 18 heavy (non-hydrogen) atoms. The van der Waals surface area contributed by atoms with Gasteiger partial charge in [-0.1, -0.05) is 30.3 Å². The number of amides is 1. The van der Waals surface area contributed by atoms with E-state index in [0.29, 0.717) is 0 Å². The molecule has 3 heteroatoms. The normalized spacial score (nSPS) is 12.2. The van der Waals surface area contributed by atoms with Gasteiger partial charge in [-0.15, -0.1) is 0 Å².